The molecule has 6 nitrogen and oxygen atoms in total. The highest BCUT2D eigenvalue weighted by molar-refractivity contribution is 7.89. The molecule has 0 aromatic heterocycles. The van der Waals surface area contributed by atoms with Crippen molar-refractivity contribution in [2.45, 2.75) is 37.6 Å². The molecule has 0 saturated carbocycles. The summed E-state index contributed by atoms with van der Waals surface area (Å²) in [6.45, 7) is 4.35. The van der Waals surface area contributed by atoms with E-state index in [0.29, 0.717) is 11.4 Å². The Bertz CT molecular complexity index is 650. The fourth-order valence-corrected chi connectivity index (χ4v) is 4.55. The molecule has 1 atom stereocenters. The van der Waals surface area contributed by atoms with E-state index in [1.807, 2.05) is 19.1 Å². The molecular formula is C13H18N4O2S. The second-order valence-corrected chi connectivity index (χ2v) is 6.95. The summed E-state index contributed by atoms with van der Waals surface area (Å²) in [5.74, 6) is 0. The van der Waals surface area contributed by atoms with E-state index in [2.05, 4.69) is 10.0 Å². The van der Waals surface area contributed by atoms with Crippen molar-refractivity contribution in [2.75, 3.05) is 13.1 Å². The van der Waals surface area contributed by atoms with Crippen LogP contribution in [0.3, 0.4) is 0 Å². The van der Waals surface area contributed by atoms with E-state index in [1.165, 1.54) is 4.31 Å². The summed E-state index contributed by atoms with van der Waals surface area (Å²) in [6.07, 6.45) is 1.54. The average Bonchev–Trinajstić information content (AvgIpc) is 2.88. The minimum atomic E-state index is -3.52. The Morgan fingerprint density at radius 2 is 2.20 bits per heavy atom. The molecule has 1 aliphatic rings. The number of aryl methyl sites for hydroxylation is 2. The van der Waals surface area contributed by atoms with Crippen LogP contribution in [0.25, 0.3) is 10.4 Å². The van der Waals surface area contributed by atoms with Crippen molar-refractivity contribution in [3.05, 3.63) is 39.8 Å². The molecule has 1 aliphatic heterocycles. The summed E-state index contributed by atoms with van der Waals surface area (Å²) < 4.78 is 27.0. The summed E-state index contributed by atoms with van der Waals surface area (Å²) in [5.41, 5.74) is 10.1. The van der Waals surface area contributed by atoms with Gasteiger partial charge in [-0.05, 0) is 49.4 Å². The van der Waals surface area contributed by atoms with Gasteiger partial charge in [0, 0.05) is 24.0 Å². The lowest BCUT2D eigenvalue weighted by Gasteiger charge is -2.23. The van der Waals surface area contributed by atoms with Crippen LogP contribution < -0.4 is 0 Å². The number of hydrogen-bond donors (Lipinski definition) is 0. The van der Waals surface area contributed by atoms with E-state index in [0.717, 1.165) is 24.0 Å². The van der Waals surface area contributed by atoms with Crippen molar-refractivity contribution < 1.29 is 8.42 Å². The first-order valence-corrected chi connectivity index (χ1v) is 8.01. The van der Waals surface area contributed by atoms with Gasteiger partial charge in [-0.15, -0.1) is 0 Å². The van der Waals surface area contributed by atoms with Gasteiger partial charge in [-0.1, -0.05) is 17.2 Å². The van der Waals surface area contributed by atoms with Crippen LogP contribution in [0.1, 0.15) is 24.0 Å². The first-order valence-electron chi connectivity index (χ1n) is 6.57. The van der Waals surface area contributed by atoms with Crippen molar-refractivity contribution in [3.63, 3.8) is 0 Å². The van der Waals surface area contributed by atoms with Crippen LogP contribution in [-0.2, 0) is 10.0 Å². The Balaban J connectivity index is 2.38. The Kier molecular flexibility index (Phi) is 4.32. The van der Waals surface area contributed by atoms with Crippen LogP contribution in [-0.4, -0.2) is 31.9 Å². The number of hydrogen-bond acceptors (Lipinski definition) is 3. The maximum atomic E-state index is 12.8. The van der Waals surface area contributed by atoms with Crippen molar-refractivity contribution in [2.24, 2.45) is 5.11 Å². The number of nitrogens with zero attached hydrogens (tertiary/aromatic N) is 4. The van der Waals surface area contributed by atoms with Gasteiger partial charge in [0.05, 0.1) is 4.90 Å². The number of azide groups is 1. The van der Waals surface area contributed by atoms with Crippen molar-refractivity contribution in [3.8, 4) is 0 Å². The molecule has 0 bridgehead atoms. The second kappa shape index (κ2) is 5.83. The van der Waals surface area contributed by atoms with Crippen LogP contribution in [0.4, 0.5) is 0 Å². The van der Waals surface area contributed by atoms with Gasteiger partial charge in [0.15, 0.2) is 0 Å². The van der Waals surface area contributed by atoms with E-state index < -0.39 is 10.0 Å². The van der Waals surface area contributed by atoms with Gasteiger partial charge in [0.25, 0.3) is 0 Å². The fourth-order valence-electron chi connectivity index (χ4n) is 2.55. The zero-order valence-corrected chi connectivity index (χ0v) is 12.5. The third-order valence-corrected chi connectivity index (χ3v) is 5.70. The SMILES string of the molecule is Cc1ccc(C)c(S(=O)(=O)N2CCCC2CN=[N+]=[N-])c1. The van der Waals surface area contributed by atoms with Gasteiger partial charge in [-0.3, -0.25) is 0 Å². The molecule has 0 amide bonds. The number of benzene rings is 1. The monoisotopic (exact) mass is 294 g/mol. The maximum absolute atomic E-state index is 12.8. The van der Waals surface area contributed by atoms with E-state index in [1.54, 1.807) is 13.0 Å². The van der Waals surface area contributed by atoms with E-state index in [-0.39, 0.29) is 12.6 Å². The van der Waals surface area contributed by atoms with Gasteiger partial charge in [-0.25, -0.2) is 8.42 Å². The molecule has 1 aromatic carbocycles. The lowest BCUT2D eigenvalue weighted by molar-refractivity contribution is 0.392. The molecule has 7 heteroatoms. The third-order valence-electron chi connectivity index (χ3n) is 3.61. The van der Waals surface area contributed by atoms with Gasteiger partial charge in [0.1, 0.15) is 0 Å². The number of sulfonamides is 1. The Labute approximate surface area is 119 Å². The lowest BCUT2D eigenvalue weighted by Crippen LogP contribution is -2.37. The molecule has 0 radical (unpaired) electrons. The highest BCUT2D eigenvalue weighted by Gasteiger charge is 2.35. The molecule has 0 spiro atoms. The topological polar surface area (TPSA) is 86.1 Å². The minimum absolute atomic E-state index is 0.195. The predicted molar refractivity (Wildman–Crippen MR) is 76.8 cm³/mol. The smallest absolute Gasteiger partial charge is 0.207 e. The highest BCUT2D eigenvalue weighted by Crippen LogP contribution is 2.28. The molecule has 108 valence electrons. The minimum Gasteiger partial charge on any atom is -0.207 e. The second-order valence-electron chi connectivity index (χ2n) is 5.09. The van der Waals surface area contributed by atoms with E-state index in [9.17, 15) is 8.42 Å². The summed E-state index contributed by atoms with van der Waals surface area (Å²) in [6, 6.07) is 5.19. The molecule has 1 heterocycles. The lowest BCUT2D eigenvalue weighted by atomic mass is 10.2. The molecule has 1 fully saturated rings. The molecule has 1 aromatic rings. The van der Waals surface area contributed by atoms with Gasteiger partial charge >= 0.3 is 0 Å². The van der Waals surface area contributed by atoms with Crippen molar-refractivity contribution >= 4 is 10.0 Å². The Morgan fingerprint density at radius 1 is 1.45 bits per heavy atom. The normalized spacial score (nSPS) is 19.8. The van der Waals surface area contributed by atoms with Crippen molar-refractivity contribution in [1.29, 1.82) is 0 Å². The zero-order valence-electron chi connectivity index (χ0n) is 11.7. The maximum Gasteiger partial charge on any atom is 0.243 e. The summed E-state index contributed by atoms with van der Waals surface area (Å²) in [4.78, 5) is 3.08. The van der Waals surface area contributed by atoms with Gasteiger partial charge in [-0.2, -0.15) is 4.31 Å². The van der Waals surface area contributed by atoms with E-state index >= 15 is 0 Å². The van der Waals surface area contributed by atoms with Crippen LogP contribution in [0, 0.1) is 13.8 Å². The van der Waals surface area contributed by atoms with Crippen molar-refractivity contribution in [1.82, 2.24) is 4.31 Å². The molecule has 0 N–H and O–H groups in total. The Morgan fingerprint density at radius 3 is 2.90 bits per heavy atom. The van der Waals surface area contributed by atoms with E-state index in [4.69, 9.17) is 5.53 Å². The molecule has 1 unspecified atom stereocenters. The molecular weight excluding hydrogens is 276 g/mol. The third kappa shape index (κ3) is 2.80. The summed E-state index contributed by atoms with van der Waals surface area (Å²) in [5, 5.41) is 3.53. The van der Waals surface area contributed by atoms with Crippen LogP contribution in [0.2, 0.25) is 0 Å². The molecule has 1 saturated heterocycles. The predicted octanol–water partition coefficient (Wildman–Crippen LogP) is 2.77. The zero-order chi connectivity index (χ0) is 14.8. The largest absolute Gasteiger partial charge is 0.243 e. The van der Waals surface area contributed by atoms with Gasteiger partial charge < -0.3 is 0 Å². The van der Waals surface area contributed by atoms with Crippen LogP contribution >= 0.6 is 0 Å². The number of rotatable bonds is 4. The molecule has 0 aliphatic carbocycles. The summed E-state index contributed by atoms with van der Waals surface area (Å²) in [7, 11) is -3.52. The fraction of sp³-hybridized carbons (Fsp3) is 0.538. The standard InChI is InChI=1S/C13H18N4O2S/c1-10-5-6-11(2)13(8-10)20(18,19)17-7-3-4-12(17)9-15-16-14/h5-6,8,12H,3-4,7,9H2,1-2H3. The first-order chi connectivity index (χ1) is 9.46. The molecule has 20 heavy (non-hydrogen) atoms. The highest BCUT2D eigenvalue weighted by atomic mass is 32.2. The van der Waals surface area contributed by atoms with Gasteiger partial charge in [0.2, 0.25) is 10.0 Å². The van der Waals surface area contributed by atoms with Crippen LogP contribution in [0.5, 0.6) is 0 Å². The summed E-state index contributed by atoms with van der Waals surface area (Å²) >= 11 is 0. The first kappa shape index (κ1) is 14.8. The average molecular weight is 294 g/mol. The molecule has 2 rings (SSSR count). The Hall–Kier alpha value is -1.56. The quantitative estimate of drug-likeness (QED) is 0.485. The van der Waals surface area contributed by atoms with Crippen LogP contribution in [0.15, 0.2) is 28.2 Å².